The number of amides is 3. The Bertz CT molecular complexity index is 905. The highest BCUT2D eigenvalue weighted by Gasteiger charge is 2.26. The van der Waals surface area contributed by atoms with Gasteiger partial charge in [-0.15, -0.1) is 0 Å². The number of benzene rings is 2. The van der Waals surface area contributed by atoms with Crippen molar-refractivity contribution in [3.8, 4) is 0 Å². The van der Waals surface area contributed by atoms with Gasteiger partial charge in [-0.05, 0) is 36.2 Å². The van der Waals surface area contributed by atoms with Crippen LogP contribution in [0.3, 0.4) is 0 Å². The smallest absolute Gasteiger partial charge is 0.253 e. The molecule has 0 saturated carbocycles. The third-order valence-electron chi connectivity index (χ3n) is 5.59. The van der Waals surface area contributed by atoms with E-state index in [1.807, 2.05) is 59.5 Å². The number of hydrogen-bond acceptors (Lipinski definition) is 3. The molecule has 0 atom stereocenters. The Morgan fingerprint density at radius 2 is 1.38 bits per heavy atom. The third kappa shape index (κ3) is 4.31. The number of carbonyl (C=O) groups is 3. The van der Waals surface area contributed by atoms with Gasteiger partial charge in [-0.2, -0.15) is 0 Å². The van der Waals surface area contributed by atoms with Crippen LogP contribution in [0.1, 0.15) is 39.1 Å². The maximum atomic E-state index is 12.9. The van der Waals surface area contributed by atoms with Gasteiger partial charge in [-0.3, -0.25) is 14.4 Å². The van der Waals surface area contributed by atoms with Gasteiger partial charge in [0.15, 0.2) is 0 Å². The first-order chi connectivity index (χ1) is 14.1. The minimum Gasteiger partial charge on any atom is -0.338 e. The van der Waals surface area contributed by atoms with Crippen molar-refractivity contribution in [2.75, 3.05) is 32.7 Å². The number of likely N-dealkylation sites (tertiary alicyclic amines) is 1. The summed E-state index contributed by atoms with van der Waals surface area (Å²) in [5.41, 5.74) is 2.29. The number of rotatable bonds is 4. The second-order valence-electron chi connectivity index (χ2n) is 7.57. The zero-order valence-corrected chi connectivity index (χ0v) is 16.4. The average Bonchev–Trinajstić information content (AvgIpc) is 3.18. The highest BCUT2D eigenvalue weighted by molar-refractivity contribution is 5.96. The number of nitrogens with zero attached hydrogens (tertiary/aromatic N) is 3. The van der Waals surface area contributed by atoms with Crippen LogP contribution in [-0.2, 0) is 11.3 Å². The average molecular weight is 391 g/mol. The Balaban J connectivity index is 1.36. The normalized spacial score (nSPS) is 17.0. The summed E-state index contributed by atoms with van der Waals surface area (Å²) in [6, 6.07) is 16.8. The van der Waals surface area contributed by atoms with Crippen molar-refractivity contribution >= 4 is 17.7 Å². The molecule has 6 heteroatoms. The Labute approximate surface area is 170 Å². The Morgan fingerprint density at radius 3 is 2.00 bits per heavy atom. The van der Waals surface area contributed by atoms with Gasteiger partial charge in [-0.1, -0.05) is 30.3 Å². The lowest BCUT2D eigenvalue weighted by Gasteiger charge is -2.35. The van der Waals surface area contributed by atoms with Crippen LogP contribution >= 0.6 is 0 Å². The predicted molar refractivity (Wildman–Crippen MR) is 109 cm³/mol. The molecule has 0 bridgehead atoms. The van der Waals surface area contributed by atoms with Gasteiger partial charge < -0.3 is 14.7 Å². The first kappa shape index (κ1) is 19.2. The lowest BCUT2D eigenvalue weighted by atomic mass is 10.1. The Morgan fingerprint density at radius 1 is 0.759 bits per heavy atom. The minimum absolute atomic E-state index is 0.00924. The molecule has 3 amide bonds. The van der Waals surface area contributed by atoms with E-state index in [0.717, 1.165) is 18.5 Å². The zero-order chi connectivity index (χ0) is 20.2. The molecule has 2 aromatic rings. The van der Waals surface area contributed by atoms with E-state index >= 15 is 0 Å². The van der Waals surface area contributed by atoms with Crippen LogP contribution in [0.25, 0.3) is 0 Å². The van der Waals surface area contributed by atoms with E-state index in [0.29, 0.717) is 50.3 Å². The SMILES string of the molecule is O=C1CCCN1Cc1cccc(C(=O)N2CCN(C(=O)c3ccccc3)CC2)c1. The van der Waals surface area contributed by atoms with Crippen molar-refractivity contribution in [1.82, 2.24) is 14.7 Å². The first-order valence-electron chi connectivity index (χ1n) is 10.1. The van der Waals surface area contributed by atoms with Crippen molar-refractivity contribution in [3.63, 3.8) is 0 Å². The van der Waals surface area contributed by atoms with E-state index in [1.54, 1.807) is 9.80 Å². The summed E-state index contributed by atoms with van der Waals surface area (Å²) in [5, 5.41) is 0. The Hall–Kier alpha value is -3.15. The summed E-state index contributed by atoms with van der Waals surface area (Å²) >= 11 is 0. The van der Waals surface area contributed by atoms with Crippen LogP contribution < -0.4 is 0 Å². The molecular formula is C23H25N3O3. The topological polar surface area (TPSA) is 60.9 Å². The van der Waals surface area contributed by atoms with Gasteiger partial charge in [0.25, 0.3) is 11.8 Å². The Kier molecular flexibility index (Phi) is 5.60. The van der Waals surface area contributed by atoms with Gasteiger partial charge in [0, 0.05) is 56.8 Å². The van der Waals surface area contributed by atoms with Gasteiger partial charge in [-0.25, -0.2) is 0 Å². The van der Waals surface area contributed by atoms with Gasteiger partial charge in [0.1, 0.15) is 0 Å². The number of piperazine rings is 1. The third-order valence-corrected chi connectivity index (χ3v) is 5.59. The molecule has 2 aromatic carbocycles. The molecule has 6 nitrogen and oxygen atoms in total. The predicted octanol–water partition coefficient (Wildman–Crippen LogP) is 2.41. The molecule has 2 heterocycles. The van der Waals surface area contributed by atoms with Crippen molar-refractivity contribution in [2.24, 2.45) is 0 Å². The van der Waals surface area contributed by atoms with Crippen LogP contribution in [0.5, 0.6) is 0 Å². The quantitative estimate of drug-likeness (QED) is 0.804. The van der Waals surface area contributed by atoms with Gasteiger partial charge in [0.2, 0.25) is 5.91 Å². The van der Waals surface area contributed by atoms with Crippen molar-refractivity contribution < 1.29 is 14.4 Å². The van der Waals surface area contributed by atoms with Crippen LogP contribution in [-0.4, -0.2) is 65.1 Å². The molecule has 0 aliphatic carbocycles. The van der Waals surface area contributed by atoms with E-state index in [4.69, 9.17) is 0 Å². The van der Waals surface area contributed by atoms with E-state index < -0.39 is 0 Å². The van der Waals surface area contributed by atoms with Gasteiger partial charge in [0.05, 0.1) is 0 Å². The summed E-state index contributed by atoms with van der Waals surface area (Å²) in [4.78, 5) is 42.8. The van der Waals surface area contributed by atoms with E-state index in [1.165, 1.54) is 0 Å². The molecular weight excluding hydrogens is 366 g/mol. The maximum absolute atomic E-state index is 12.9. The molecule has 2 aliphatic heterocycles. The summed E-state index contributed by atoms with van der Waals surface area (Å²) in [5.74, 6) is 0.169. The van der Waals surface area contributed by atoms with Crippen LogP contribution in [0.2, 0.25) is 0 Å². The summed E-state index contributed by atoms with van der Waals surface area (Å²) < 4.78 is 0. The van der Waals surface area contributed by atoms with Crippen molar-refractivity contribution in [3.05, 3.63) is 71.3 Å². The molecule has 4 rings (SSSR count). The van der Waals surface area contributed by atoms with Crippen LogP contribution in [0, 0.1) is 0 Å². The van der Waals surface area contributed by atoms with Crippen LogP contribution in [0.15, 0.2) is 54.6 Å². The van der Waals surface area contributed by atoms with Crippen LogP contribution in [0.4, 0.5) is 0 Å². The molecule has 2 fully saturated rings. The number of carbonyl (C=O) groups excluding carboxylic acids is 3. The molecule has 0 N–H and O–H groups in total. The molecule has 150 valence electrons. The fourth-order valence-corrected chi connectivity index (χ4v) is 3.95. The molecule has 29 heavy (non-hydrogen) atoms. The highest BCUT2D eigenvalue weighted by atomic mass is 16.2. The van der Waals surface area contributed by atoms with E-state index in [2.05, 4.69) is 0 Å². The summed E-state index contributed by atoms with van der Waals surface area (Å²) in [7, 11) is 0. The molecule has 0 unspecified atom stereocenters. The molecule has 2 aliphatic rings. The molecule has 0 spiro atoms. The maximum Gasteiger partial charge on any atom is 0.253 e. The monoisotopic (exact) mass is 391 g/mol. The number of hydrogen-bond donors (Lipinski definition) is 0. The van der Waals surface area contributed by atoms with E-state index in [-0.39, 0.29) is 17.7 Å². The van der Waals surface area contributed by atoms with E-state index in [9.17, 15) is 14.4 Å². The highest BCUT2D eigenvalue weighted by Crippen LogP contribution is 2.17. The fraction of sp³-hybridized carbons (Fsp3) is 0.348. The summed E-state index contributed by atoms with van der Waals surface area (Å²) in [6.45, 7) is 3.44. The molecule has 2 saturated heterocycles. The fourth-order valence-electron chi connectivity index (χ4n) is 3.95. The second-order valence-corrected chi connectivity index (χ2v) is 7.57. The zero-order valence-electron chi connectivity index (χ0n) is 16.4. The second kappa shape index (κ2) is 8.47. The lowest BCUT2D eigenvalue weighted by molar-refractivity contribution is -0.128. The van der Waals surface area contributed by atoms with Crippen molar-refractivity contribution in [1.29, 1.82) is 0 Å². The lowest BCUT2D eigenvalue weighted by Crippen LogP contribution is -2.50. The van der Waals surface area contributed by atoms with Crippen molar-refractivity contribution in [2.45, 2.75) is 19.4 Å². The minimum atomic E-state index is -0.0218. The standard InChI is InChI=1S/C23H25N3O3/c27-21-10-5-11-26(21)17-18-6-4-9-20(16-18)23(29)25-14-12-24(13-15-25)22(28)19-7-2-1-3-8-19/h1-4,6-9,16H,5,10-15,17H2. The summed E-state index contributed by atoms with van der Waals surface area (Å²) in [6.07, 6.45) is 1.52. The molecule has 0 radical (unpaired) electrons. The van der Waals surface area contributed by atoms with Gasteiger partial charge >= 0.3 is 0 Å². The first-order valence-corrected chi connectivity index (χ1v) is 10.1. The largest absolute Gasteiger partial charge is 0.338 e. The molecule has 0 aromatic heterocycles.